The Morgan fingerprint density at radius 2 is 1.85 bits per heavy atom. The molecule has 0 aliphatic carbocycles. The van der Waals surface area contributed by atoms with Crippen LogP contribution in [0.15, 0.2) is 46.6 Å². The third kappa shape index (κ3) is 4.50. The molecular weight excluding hydrogens is 448 g/mol. The van der Waals surface area contributed by atoms with Gasteiger partial charge in [0.1, 0.15) is 10.5 Å². The molecule has 0 radical (unpaired) electrons. The maximum Gasteiger partial charge on any atom is 0.272 e. The molecule has 178 valence electrons. The van der Waals surface area contributed by atoms with E-state index in [0.29, 0.717) is 31.6 Å². The largest absolute Gasteiger partial charge is 0.340 e. The first-order valence-electron chi connectivity index (χ1n) is 12.0. The van der Waals surface area contributed by atoms with Gasteiger partial charge in [0.05, 0.1) is 5.52 Å². The van der Waals surface area contributed by atoms with Gasteiger partial charge < -0.3 is 4.90 Å². The fourth-order valence-electron chi connectivity index (χ4n) is 4.72. The molecule has 1 aliphatic heterocycles. The fourth-order valence-corrected chi connectivity index (χ4v) is 5.54. The minimum atomic E-state index is -0.000107. The minimum absolute atomic E-state index is 0.000107. The molecule has 5 rings (SSSR count). The van der Waals surface area contributed by atoms with Gasteiger partial charge in [0.2, 0.25) is 11.7 Å². The highest BCUT2D eigenvalue weighted by atomic mass is 32.1. The Kier molecular flexibility index (Phi) is 6.73. The maximum atomic E-state index is 12.8. The second-order valence-corrected chi connectivity index (χ2v) is 9.76. The SMILES string of the molecule is CCCn1c(=O)c2sccc2n2c(CCCC(=O)N3CCN(Cc4ccccc4)CC3)nnc12. The van der Waals surface area contributed by atoms with E-state index in [-0.39, 0.29) is 11.5 Å². The summed E-state index contributed by atoms with van der Waals surface area (Å²) >= 11 is 1.45. The van der Waals surface area contributed by atoms with E-state index >= 15 is 0 Å². The van der Waals surface area contributed by atoms with Gasteiger partial charge in [0.15, 0.2) is 0 Å². The van der Waals surface area contributed by atoms with Gasteiger partial charge in [-0.2, -0.15) is 0 Å². The van der Waals surface area contributed by atoms with Gasteiger partial charge in [-0.15, -0.1) is 21.5 Å². The number of fused-ring (bicyclic) bond motifs is 3. The first-order chi connectivity index (χ1) is 16.7. The summed E-state index contributed by atoms with van der Waals surface area (Å²) in [6.45, 7) is 6.95. The highest BCUT2D eigenvalue weighted by Gasteiger charge is 2.22. The summed E-state index contributed by atoms with van der Waals surface area (Å²) in [5, 5.41) is 10.7. The molecule has 0 saturated carbocycles. The van der Waals surface area contributed by atoms with E-state index in [2.05, 4.69) is 39.4 Å². The number of aromatic nitrogens is 4. The first-order valence-corrected chi connectivity index (χ1v) is 12.9. The number of benzene rings is 1. The van der Waals surface area contributed by atoms with E-state index in [1.165, 1.54) is 16.9 Å². The Balaban J connectivity index is 1.20. The van der Waals surface area contributed by atoms with Crippen molar-refractivity contribution < 1.29 is 4.79 Å². The van der Waals surface area contributed by atoms with Gasteiger partial charge >= 0.3 is 0 Å². The molecule has 4 heterocycles. The summed E-state index contributed by atoms with van der Waals surface area (Å²) in [6.07, 6.45) is 2.70. The number of piperazine rings is 1. The predicted molar refractivity (Wildman–Crippen MR) is 134 cm³/mol. The number of amides is 1. The van der Waals surface area contributed by atoms with Crippen LogP contribution in [0.1, 0.15) is 37.6 Å². The van der Waals surface area contributed by atoms with Crippen molar-refractivity contribution in [2.75, 3.05) is 26.2 Å². The summed E-state index contributed by atoms with van der Waals surface area (Å²) in [5.41, 5.74) is 2.17. The van der Waals surface area contributed by atoms with Crippen LogP contribution < -0.4 is 5.56 Å². The van der Waals surface area contributed by atoms with Crippen molar-refractivity contribution in [3.05, 3.63) is 63.5 Å². The van der Waals surface area contributed by atoms with Crippen molar-refractivity contribution in [3.8, 4) is 0 Å². The van der Waals surface area contributed by atoms with Crippen molar-refractivity contribution in [1.29, 1.82) is 0 Å². The summed E-state index contributed by atoms with van der Waals surface area (Å²) in [7, 11) is 0. The third-order valence-electron chi connectivity index (χ3n) is 6.49. The molecule has 34 heavy (non-hydrogen) atoms. The van der Waals surface area contributed by atoms with Crippen LogP contribution in [0.2, 0.25) is 0 Å². The summed E-state index contributed by atoms with van der Waals surface area (Å²) in [6, 6.07) is 12.4. The van der Waals surface area contributed by atoms with Crippen LogP contribution in [0.3, 0.4) is 0 Å². The smallest absolute Gasteiger partial charge is 0.272 e. The Labute approximate surface area is 202 Å². The van der Waals surface area contributed by atoms with E-state index in [1.54, 1.807) is 4.57 Å². The molecule has 0 bridgehead atoms. The number of hydrogen-bond donors (Lipinski definition) is 0. The highest BCUT2D eigenvalue weighted by Crippen LogP contribution is 2.21. The lowest BCUT2D eigenvalue weighted by atomic mass is 10.1. The lowest BCUT2D eigenvalue weighted by Gasteiger charge is -2.34. The predicted octanol–water partition coefficient (Wildman–Crippen LogP) is 3.18. The van der Waals surface area contributed by atoms with E-state index in [9.17, 15) is 9.59 Å². The molecule has 1 aliphatic rings. The zero-order valence-electron chi connectivity index (χ0n) is 19.5. The lowest BCUT2D eigenvalue weighted by molar-refractivity contribution is -0.133. The number of hydrogen-bond acceptors (Lipinski definition) is 6. The van der Waals surface area contributed by atoms with Crippen molar-refractivity contribution in [2.45, 2.75) is 45.7 Å². The molecule has 1 saturated heterocycles. The van der Waals surface area contributed by atoms with Crippen molar-refractivity contribution >= 4 is 33.2 Å². The molecule has 8 nitrogen and oxygen atoms in total. The molecule has 0 N–H and O–H groups in total. The van der Waals surface area contributed by atoms with Crippen molar-refractivity contribution in [1.82, 2.24) is 29.0 Å². The maximum absolute atomic E-state index is 12.8. The molecule has 4 aromatic rings. The normalized spacial score (nSPS) is 14.9. The monoisotopic (exact) mass is 478 g/mol. The third-order valence-corrected chi connectivity index (χ3v) is 7.38. The van der Waals surface area contributed by atoms with Crippen LogP contribution in [0.25, 0.3) is 16.0 Å². The van der Waals surface area contributed by atoms with E-state index in [0.717, 1.165) is 55.2 Å². The number of nitrogens with zero attached hydrogens (tertiary/aromatic N) is 6. The Morgan fingerprint density at radius 1 is 1.06 bits per heavy atom. The molecular formula is C25H30N6O2S. The van der Waals surface area contributed by atoms with E-state index < -0.39 is 0 Å². The topological polar surface area (TPSA) is 75.7 Å². The molecule has 3 aromatic heterocycles. The molecule has 1 fully saturated rings. The lowest BCUT2D eigenvalue weighted by Crippen LogP contribution is -2.48. The Bertz CT molecular complexity index is 1330. The molecule has 0 unspecified atom stereocenters. The minimum Gasteiger partial charge on any atom is -0.340 e. The number of thiophene rings is 1. The number of carbonyl (C=O) groups is 1. The Hall–Kier alpha value is -3.04. The van der Waals surface area contributed by atoms with Crippen LogP contribution in [-0.4, -0.2) is 61.1 Å². The summed E-state index contributed by atoms with van der Waals surface area (Å²) in [5.74, 6) is 1.61. The number of aryl methyl sites for hydroxylation is 2. The van der Waals surface area contributed by atoms with E-state index in [1.807, 2.05) is 33.7 Å². The zero-order chi connectivity index (χ0) is 23.5. The Morgan fingerprint density at radius 3 is 2.62 bits per heavy atom. The fraction of sp³-hybridized carbons (Fsp3) is 0.440. The van der Waals surface area contributed by atoms with Gasteiger partial charge in [0, 0.05) is 52.1 Å². The van der Waals surface area contributed by atoms with E-state index in [4.69, 9.17) is 0 Å². The van der Waals surface area contributed by atoms with Crippen LogP contribution in [-0.2, 0) is 24.3 Å². The molecule has 1 aromatic carbocycles. The second-order valence-electron chi connectivity index (χ2n) is 8.84. The van der Waals surface area contributed by atoms with Crippen LogP contribution in [0.5, 0.6) is 0 Å². The highest BCUT2D eigenvalue weighted by molar-refractivity contribution is 7.17. The van der Waals surface area contributed by atoms with Crippen molar-refractivity contribution in [2.24, 2.45) is 0 Å². The van der Waals surface area contributed by atoms with Crippen molar-refractivity contribution in [3.63, 3.8) is 0 Å². The van der Waals surface area contributed by atoms with Gasteiger partial charge in [0.25, 0.3) is 5.56 Å². The quantitative estimate of drug-likeness (QED) is 0.389. The molecule has 1 amide bonds. The van der Waals surface area contributed by atoms with Gasteiger partial charge in [-0.25, -0.2) is 0 Å². The number of rotatable bonds is 8. The van der Waals surface area contributed by atoms with Crippen LogP contribution in [0, 0.1) is 0 Å². The van der Waals surface area contributed by atoms with Gasteiger partial charge in [-0.3, -0.25) is 23.5 Å². The second kappa shape index (κ2) is 10.1. The molecule has 9 heteroatoms. The zero-order valence-corrected chi connectivity index (χ0v) is 20.3. The average Bonchev–Trinajstić information content (AvgIpc) is 3.50. The summed E-state index contributed by atoms with van der Waals surface area (Å²) < 4.78 is 4.44. The summed E-state index contributed by atoms with van der Waals surface area (Å²) in [4.78, 5) is 30.1. The molecule has 0 atom stereocenters. The number of carbonyl (C=O) groups excluding carboxylic acids is 1. The average molecular weight is 479 g/mol. The van der Waals surface area contributed by atoms with Crippen LogP contribution >= 0.6 is 11.3 Å². The standard InChI is InChI=1S/C25H30N6O2S/c1-2-12-30-24(33)23-20(11-17-34-23)31-21(26-27-25(30)31)9-6-10-22(32)29-15-13-28(14-16-29)18-19-7-4-3-5-8-19/h3-5,7-8,11,17H,2,6,9-10,12-16,18H2,1H3. The van der Waals surface area contributed by atoms with Crippen LogP contribution in [0.4, 0.5) is 0 Å². The molecule has 0 spiro atoms. The first kappa shape index (κ1) is 22.7. The van der Waals surface area contributed by atoms with Gasteiger partial charge in [-0.05, 0) is 29.9 Å². The van der Waals surface area contributed by atoms with Gasteiger partial charge in [-0.1, -0.05) is 37.3 Å².